The van der Waals surface area contributed by atoms with Crippen LogP contribution in [0.15, 0.2) is 12.4 Å². The minimum absolute atomic E-state index is 0.0229. The van der Waals surface area contributed by atoms with Gasteiger partial charge >= 0.3 is 0 Å². The second-order valence-electron chi connectivity index (χ2n) is 5.90. The Hall–Kier alpha value is -1.69. The van der Waals surface area contributed by atoms with Crippen LogP contribution in [0.25, 0.3) is 0 Å². The van der Waals surface area contributed by atoms with Crippen molar-refractivity contribution in [1.82, 2.24) is 20.2 Å². The summed E-state index contributed by atoms with van der Waals surface area (Å²) in [4.78, 5) is 33.5. The molecule has 1 aliphatic heterocycles. The third kappa shape index (κ3) is 2.72. The van der Waals surface area contributed by atoms with Crippen LogP contribution >= 0.6 is 0 Å². The Morgan fingerprint density at radius 3 is 2.81 bits per heavy atom. The summed E-state index contributed by atoms with van der Waals surface area (Å²) in [5.41, 5.74) is 0. The highest BCUT2D eigenvalue weighted by atomic mass is 16.2. The Morgan fingerprint density at radius 1 is 1.43 bits per heavy atom. The highest BCUT2D eigenvalue weighted by molar-refractivity contribution is 6.05. The maximum Gasteiger partial charge on any atom is 0.247 e. The Bertz CT molecular complexity index is 508. The van der Waals surface area contributed by atoms with Crippen LogP contribution in [0.5, 0.6) is 0 Å². The van der Waals surface area contributed by atoms with Crippen LogP contribution in [-0.2, 0) is 9.59 Å². The van der Waals surface area contributed by atoms with Gasteiger partial charge in [-0.1, -0.05) is 19.8 Å². The summed E-state index contributed by atoms with van der Waals surface area (Å²) in [6.45, 7) is 2.04. The lowest BCUT2D eigenvalue weighted by Crippen LogP contribution is -2.44. The van der Waals surface area contributed by atoms with Crippen molar-refractivity contribution in [2.45, 2.75) is 63.6 Å². The monoisotopic (exact) mass is 290 g/mol. The van der Waals surface area contributed by atoms with Gasteiger partial charge in [0.25, 0.3) is 0 Å². The fraction of sp³-hybridized carbons (Fsp3) is 0.667. The zero-order chi connectivity index (χ0) is 14.8. The van der Waals surface area contributed by atoms with E-state index < -0.39 is 6.04 Å². The summed E-state index contributed by atoms with van der Waals surface area (Å²) in [6, 6.07) is -0.307. The fourth-order valence-electron chi connectivity index (χ4n) is 3.43. The van der Waals surface area contributed by atoms with Gasteiger partial charge in [0.1, 0.15) is 5.82 Å². The molecule has 3 rings (SSSR count). The largest absolute Gasteiger partial charge is 0.347 e. The number of H-pyrrole nitrogens is 1. The first-order valence-corrected chi connectivity index (χ1v) is 7.82. The molecule has 21 heavy (non-hydrogen) atoms. The van der Waals surface area contributed by atoms with E-state index in [4.69, 9.17) is 0 Å². The maximum absolute atomic E-state index is 12.5. The molecule has 2 atom stereocenters. The summed E-state index contributed by atoms with van der Waals surface area (Å²) in [5.74, 6) is 0.729. The first-order valence-electron chi connectivity index (χ1n) is 7.82. The number of nitrogens with one attached hydrogen (secondary N) is 2. The highest BCUT2D eigenvalue weighted by Crippen LogP contribution is 2.29. The molecule has 2 unspecified atom stereocenters. The first kappa shape index (κ1) is 14.3. The molecule has 0 aromatic carbocycles. The van der Waals surface area contributed by atoms with E-state index in [1.54, 1.807) is 12.4 Å². The molecule has 1 aliphatic carbocycles. The summed E-state index contributed by atoms with van der Waals surface area (Å²) >= 11 is 0. The van der Waals surface area contributed by atoms with Crippen molar-refractivity contribution in [2.75, 3.05) is 0 Å². The summed E-state index contributed by atoms with van der Waals surface area (Å²) in [5, 5.41) is 3.30. The molecule has 1 aromatic heterocycles. The Balaban J connectivity index is 1.69. The lowest BCUT2D eigenvalue weighted by molar-refractivity contribution is -0.141. The van der Waals surface area contributed by atoms with Gasteiger partial charge in [0.05, 0.1) is 18.5 Å². The van der Waals surface area contributed by atoms with Crippen molar-refractivity contribution < 1.29 is 9.59 Å². The summed E-state index contributed by atoms with van der Waals surface area (Å²) in [6.07, 6.45) is 8.70. The Morgan fingerprint density at radius 2 is 2.19 bits per heavy atom. The second kappa shape index (κ2) is 5.97. The molecule has 1 saturated heterocycles. The van der Waals surface area contributed by atoms with Gasteiger partial charge in [-0.05, 0) is 19.3 Å². The van der Waals surface area contributed by atoms with Crippen LogP contribution in [0.2, 0.25) is 0 Å². The van der Waals surface area contributed by atoms with Gasteiger partial charge in [-0.2, -0.15) is 0 Å². The molecule has 2 N–H and O–H groups in total. The fourth-order valence-corrected chi connectivity index (χ4v) is 3.43. The quantitative estimate of drug-likeness (QED) is 0.806. The van der Waals surface area contributed by atoms with E-state index in [-0.39, 0.29) is 30.3 Å². The van der Waals surface area contributed by atoms with Crippen LogP contribution < -0.4 is 5.32 Å². The molecule has 1 saturated carbocycles. The van der Waals surface area contributed by atoms with Gasteiger partial charge < -0.3 is 4.98 Å². The smallest absolute Gasteiger partial charge is 0.247 e. The third-order valence-corrected chi connectivity index (χ3v) is 4.53. The van der Waals surface area contributed by atoms with Crippen LogP contribution in [0, 0.1) is 0 Å². The number of likely N-dealkylation sites (tertiary alicyclic amines) is 1. The Labute approximate surface area is 124 Å². The highest BCUT2D eigenvalue weighted by Gasteiger charge is 2.43. The van der Waals surface area contributed by atoms with Gasteiger partial charge in [0, 0.05) is 18.4 Å². The van der Waals surface area contributed by atoms with Crippen LogP contribution in [-0.4, -0.2) is 38.8 Å². The van der Waals surface area contributed by atoms with Crippen molar-refractivity contribution in [3.8, 4) is 0 Å². The normalized spacial score (nSPS) is 25.0. The number of aromatic amines is 1. The van der Waals surface area contributed by atoms with E-state index in [1.807, 2.05) is 6.92 Å². The molecule has 6 nitrogen and oxygen atoms in total. The number of aromatic nitrogens is 2. The number of imide groups is 1. The lowest BCUT2D eigenvalue weighted by atomic mass is 10.1. The minimum Gasteiger partial charge on any atom is -0.347 e. The number of carbonyl (C=O) groups excluding carboxylic acids is 2. The number of hydrogen-bond donors (Lipinski definition) is 2. The van der Waals surface area contributed by atoms with Crippen LogP contribution in [0.3, 0.4) is 0 Å². The predicted octanol–water partition coefficient (Wildman–Crippen LogP) is 1.52. The van der Waals surface area contributed by atoms with Gasteiger partial charge in [-0.3, -0.25) is 19.8 Å². The molecule has 0 spiro atoms. The molecule has 0 bridgehead atoms. The average Bonchev–Trinajstić information content (AvgIpc) is 3.18. The molecular formula is C15H22N4O2. The van der Waals surface area contributed by atoms with E-state index in [0.717, 1.165) is 37.9 Å². The summed E-state index contributed by atoms with van der Waals surface area (Å²) < 4.78 is 0. The average molecular weight is 290 g/mol. The SMILES string of the molecule is CCC(NC1CC(=O)N(C2CCCC2)C1=O)c1ncc[nH]1. The van der Waals surface area contributed by atoms with Crippen molar-refractivity contribution in [1.29, 1.82) is 0 Å². The number of hydrogen-bond acceptors (Lipinski definition) is 4. The number of imidazole rings is 1. The predicted molar refractivity (Wildman–Crippen MR) is 77.3 cm³/mol. The van der Waals surface area contributed by atoms with Crippen molar-refractivity contribution in [3.63, 3.8) is 0 Å². The van der Waals surface area contributed by atoms with E-state index in [2.05, 4.69) is 15.3 Å². The van der Waals surface area contributed by atoms with Gasteiger partial charge in [-0.25, -0.2) is 4.98 Å². The number of carbonyl (C=O) groups is 2. The van der Waals surface area contributed by atoms with Crippen molar-refractivity contribution >= 4 is 11.8 Å². The van der Waals surface area contributed by atoms with Gasteiger partial charge in [0.15, 0.2) is 0 Å². The molecule has 1 aromatic rings. The zero-order valence-electron chi connectivity index (χ0n) is 12.3. The van der Waals surface area contributed by atoms with Crippen LogP contribution in [0.1, 0.15) is 57.3 Å². The van der Waals surface area contributed by atoms with Crippen LogP contribution in [0.4, 0.5) is 0 Å². The third-order valence-electron chi connectivity index (χ3n) is 4.53. The van der Waals surface area contributed by atoms with Crippen molar-refractivity contribution in [2.24, 2.45) is 0 Å². The van der Waals surface area contributed by atoms with E-state index in [0.29, 0.717) is 0 Å². The molecule has 0 radical (unpaired) electrons. The number of rotatable bonds is 5. The van der Waals surface area contributed by atoms with Gasteiger partial charge in [0.2, 0.25) is 11.8 Å². The maximum atomic E-state index is 12.5. The topological polar surface area (TPSA) is 78.1 Å². The molecule has 2 fully saturated rings. The second-order valence-corrected chi connectivity index (χ2v) is 5.90. The molecule has 6 heteroatoms. The van der Waals surface area contributed by atoms with Gasteiger partial charge in [-0.15, -0.1) is 0 Å². The van der Waals surface area contributed by atoms with E-state index in [1.165, 1.54) is 4.90 Å². The Kier molecular flexibility index (Phi) is 4.05. The molecule has 2 heterocycles. The van der Waals surface area contributed by atoms with E-state index in [9.17, 15) is 9.59 Å². The molecule has 2 aliphatic rings. The first-order chi connectivity index (χ1) is 10.2. The number of amides is 2. The summed E-state index contributed by atoms with van der Waals surface area (Å²) in [7, 11) is 0. The molecular weight excluding hydrogens is 268 g/mol. The van der Waals surface area contributed by atoms with E-state index >= 15 is 0 Å². The molecule has 2 amide bonds. The molecule has 114 valence electrons. The van der Waals surface area contributed by atoms with Crippen molar-refractivity contribution in [3.05, 3.63) is 18.2 Å². The standard InChI is InChI=1S/C15H22N4O2/c1-2-11(14-16-7-8-17-14)18-12-9-13(20)19(15(12)21)10-5-3-4-6-10/h7-8,10-12,18H,2-6,9H2,1H3,(H,16,17). The zero-order valence-corrected chi connectivity index (χ0v) is 12.3. The minimum atomic E-state index is -0.409. The number of nitrogens with zero attached hydrogens (tertiary/aromatic N) is 2. The lowest BCUT2D eigenvalue weighted by Gasteiger charge is -2.23.